The highest BCUT2D eigenvalue weighted by Gasteiger charge is 2.48. The van der Waals surface area contributed by atoms with E-state index in [0.717, 1.165) is 22.6 Å². The molecule has 3 atom stereocenters. The Morgan fingerprint density at radius 3 is 2.27 bits per heavy atom. The minimum Gasteiger partial charge on any atom is -0.508 e. The van der Waals surface area contributed by atoms with Gasteiger partial charge < -0.3 is 19.8 Å². The van der Waals surface area contributed by atoms with Crippen LogP contribution in [0.3, 0.4) is 0 Å². The molecule has 1 saturated heterocycles. The van der Waals surface area contributed by atoms with Crippen LogP contribution in [0.1, 0.15) is 36.0 Å². The number of rotatable bonds is 7. The molecule has 1 fully saturated rings. The largest absolute Gasteiger partial charge is 0.508 e. The molecule has 1 amide bonds. The summed E-state index contributed by atoms with van der Waals surface area (Å²) in [5.41, 5.74) is 2.57. The first kappa shape index (κ1) is 20.0. The molecular weight excluding hydrogens is 378 g/mol. The third-order valence-electron chi connectivity index (χ3n) is 5.74. The second-order valence-electron chi connectivity index (χ2n) is 7.55. The molecule has 0 spiro atoms. The number of aliphatic hydroxyl groups is 1. The first-order chi connectivity index (χ1) is 14.6. The zero-order chi connectivity index (χ0) is 21.1. The predicted octanol–water partition coefficient (Wildman–Crippen LogP) is 4.41. The van der Waals surface area contributed by atoms with Crippen molar-refractivity contribution in [2.45, 2.75) is 30.9 Å². The average Bonchev–Trinajstić information content (AvgIpc) is 2.79. The van der Waals surface area contributed by atoms with E-state index in [2.05, 4.69) is 0 Å². The molecule has 3 aromatic carbocycles. The third kappa shape index (κ3) is 3.89. The SMILES string of the molecule is COc1ccc(N2C(=O)[C@H](c3ccc(O)cc3)[C@@H]2CC[C@H](O)c2ccccc2)cc1. The Morgan fingerprint density at radius 2 is 1.63 bits per heavy atom. The van der Waals surface area contributed by atoms with Gasteiger partial charge in [0.05, 0.1) is 25.2 Å². The van der Waals surface area contributed by atoms with Crippen molar-refractivity contribution < 1.29 is 19.7 Å². The third-order valence-corrected chi connectivity index (χ3v) is 5.74. The number of β-lactam (4-membered cyclic amide) rings is 1. The smallest absolute Gasteiger partial charge is 0.236 e. The Balaban J connectivity index is 1.57. The van der Waals surface area contributed by atoms with Crippen molar-refractivity contribution >= 4 is 11.6 Å². The van der Waals surface area contributed by atoms with Gasteiger partial charge >= 0.3 is 0 Å². The second kappa shape index (κ2) is 8.59. The number of ether oxygens (including phenoxy) is 1. The Labute approximate surface area is 176 Å². The highest BCUT2D eigenvalue weighted by molar-refractivity contribution is 6.06. The standard InChI is InChI=1S/C25H25NO4/c1-30-21-13-9-19(10-14-21)26-22(15-16-23(28)17-5-3-2-4-6-17)24(25(26)29)18-7-11-20(27)12-8-18/h2-14,22-24,27-28H,15-16H2,1H3/t22-,23-,24+/m0/s1. The summed E-state index contributed by atoms with van der Waals surface area (Å²) < 4.78 is 5.22. The predicted molar refractivity (Wildman–Crippen MR) is 116 cm³/mol. The molecule has 2 N–H and O–H groups in total. The number of phenolic OH excluding ortho intramolecular Hbond substituents is 1. The topological polar surface area (TPSA) is 70.0 Å². The molecule has 0 aliphatic carbocycles. The highest BCUT2D eigenvalue weighted by Crippen LogP contribution is 2.43. The molecule has 1 heterocycles. The van der Waals surface area contributed by atoms with E-state index >= 15 is 0 Å². The Hall–Kier alpha value is -3.31. The van der Waals surface area contributed by atoms with Crippen molar-refractivity contribution in [2.24, 2.45) is 0 Å². The van der Waals surface area contributed by atoms with Crippen molar-refractivity contribution in [3.63, 3.8) is 0 Å². The number of nitrogens with zero attached hydrogens (tertiary/aromatic N) is 1. The van der Waals surface area contributed by atoms with Gasteiger partial charge in [-0.25, -0.2) is 0 Å². The number of carbonyl (C=O) groups is 1. The van der Waals surface area contributed by atoms with Crippen molar-refractivity contribution in [2.75, 3.05) is 12.0 Å². The zero-order valence-electron chi connectivity index (χ0n) is 16.8. The number of phenols is 1. The lowest BCUT2D eigenvalue weighted by Gasteiger charge is -2.48. The molecule has 0 saturated carbocycles. The van der Waals surface area contributed by atoms with Gasteiger partial charge in [-0.3, -0.25) is 4.79 Å². The van der Waals surface area contributed by atoms with Crippen LogP contribution in [0.4, 0.5) is 5.69 Å². The van der Waals surface area contributed by atoms with Crippen LogP contribution in [-0.4, -0.2) is 29.3 Å². The van der Waals surface area contributed by atoms with Gasteiger partial charge in [-0.05, 0) is 60.4 Å². The fourth-order valence-electron chi connectivity index (χ4n) is 4.12. The molecule has 0 radical (unpaired) electrons. The summed E-state index contributed by atoms with van der Waals surface area (Å²) in [4.78, 5) is 14.9. The molecule has 3 aromatic rings. The van der Waals surface area contributed by atoms with E-state index in [4.69, 9.17) is 4.74 Å². The maximum absolute atomic E-state index is 13.1. The Morgan fingerprint density at radius 1 is 0.967 bits per heavy atom. The molecule has 30 heavy (non-hydrogen) atoms. The van der Waals surface area contributed by atoms with Crippen LogP contribution >= 0.6 is 0 Å². The van der Waals surface area contributed by atoms with Gasteiger partial charge in [-0.15, -0.1) is 0 Å². The number of hydrogen-bond donors (Lipinski definition) is 2. The monoisotopic (exact) mass is 403 g/mol. The summed E-state index contributed by atoms with van der Waals surface area (Å²) in [5.74, 6) is 0.632. The number of methoxy groups -OCH3 is 1. The first-order valence-corrected chi connectivity index (χ1v) is 10.1. The summed E-state index contributed by atoms with van der Waals surface area (Å²) >= 11 is 0. The molecule has 0 aromatic heterocycles. The summed E-state index contributed by atoms with van der Waals surface area (Å²) in [6.07, 6.45) is 0.614. The van der Waals surface area contributed by atoms with Crippen LogP contribution < -0.4 is 9.64 Å². The molecule has 4 rings (SSSR count). The summed E-state index contributed by atoms with van der Waals surface area (Å²) in [6, 6.07) is 23.7. The zero-order valence-corrected chi connectivity index (χ0v) is 16.8. The van der Waals surface area contributed by atoms with Crippen LogP contribution in [0.5, 0.6) is 11.5 Å². The van der Waals surface area contributed by atoms with Gasteiger partial charge in [0.2, 0.25) is 5.91 Å². The Bertz CT molecular complexity index is 986. The van der Waals surface area contributed by atoms with Gasteiger partial charge in [0, 0.05) is 5.69 Å². The lowest BCUT2D eigenvalue weighted by Crippen LogP contribution is -2.59. The lowest BCUT2D eigenvalue weighted by atomic mass is 9.78. The van der Waals surface area contributed by atoms with Gasteiger partial charge in [-0.1, -0.05) is 42.5 Å². The van der Waals surface area contributed by atoms with Crippen molar-refractivity contribution in [3.8, 4) is 11.5 Å². The second-order valence-corrected chi connectivity index (χ2v) is 7.55. The van der Waals surface area contributed by atoms with E-state index < -0.39 is 6.10 Å². The van der Waals surface area contributed by atoms with Crippen LogP contribution in [0.15, 0.2) is 78.9 Å². The lowest BCUT2D eigenvalue weighted by molar-refractivity contribution is -0.126. The van der Waals surface area contributed by atoms with Gasteiger partial charge in [0.1, 0.15) is 11.5 Å². The molecule has 5 heteroatoms. The summed E-state index contributed by atoms with van der Waals surface area (Å²) in [7, 11) is 1.61. The Kier molecular flexibility index (Phi) is 5.72. The van der Waals surface area contributed by atoms with Gasteiger partial charge in [0.15, 0.2) is 0 Å². The fourth-order valence-corrected chi connectivity index (χ4v) is 4.12. The maximum Gasteiger partial charge on any atom is 0.236 e. The summed E-state index contributed by atoms with van der Waals surface area (Å²) in [6.45, 7) is 0. The molecule has 0 bridgehead atoms. The number of carbonyl (C=O) groups excluding carboxylic acids is 1. The molecule has 154 valence electrons. The fraction of sp³-hybridized carbons (Fsp3) is 0.240. The van der Waals surface area contributed by atoms with Crippen LogP contribution in [0.25, 0.3) is 0 Å². The van der Waals surface area contributed by atoms with Crippen molar-refractivity contribution in [1.82, 2.24) is 0 Å². The average molecular weight is 403 g/mol. The first-order valence-electron chi connectivity index (χ1n) is 10.1. The highest BCUT2D eigenvalue weighted by atomic mass is 16.5. The number of aliphatic hydroxyl groups excluding tert-OH is 1. The van der Waals surface area contributed by atoms with Gasteiger partial charge in [0.25, 0.3) is 0 Å². The van der Waals surface area contributed by atoms with Crippen LogP contribution in [-0.2, 0) is 4.79 Å². The van der Waals surface area contributed by atoms with E-state index in [1.807, 2.05) is 54.6 Å². The van der Waals surface area contributed by atoms with E-state index in [1.165, 1.54) is 0 Å². The molecule has 0 unspecified atom stereocenters. The maximum atomic E-state index is 13.1. The molecular formula is C25H25NO4. The molecule has 1 aliphatic rings. The van der Waals surface area contributed by atoms with Crippen LogP contribution in [0, 0.1) is 0 Å². The number of aromatic hydroxyl groups is 1. The minimum atomic E-state index is -0.583. The molecule has 5 nitrogen and oxygen atoms in total. The molecule has 1 aliphatic heterocycles. The van der Waals surface area contributed by atoms with Crippen molar-refractivity contribution in [1.29, 1.82) is 0 Å². The van der Waals surface area contributed by atoms with Crippen LogP contribution in [0.2, 0.25) is 0 Å². The van der Waals surface area contributed by atoms with E-state index in [0.29, 0.717) is 12.8 Å². The minimum absolute atomic E-state index is 0.0186. The van der Waals surface area contributed by atoms with Gasteiger partial charge in [-0.2, -0.15) is 0 Å². The van der Waals surface area contributed by atoms with E-state index in [9.17, 15) is 15.0 Å². The quantitative estimate of drug-likeness (QED) is 0.573. The number of hydrogen-bond acceptors (Lipinski definition) is 4. The normalized spacial score (nSPS) is 19.3. The van der Waals surface area contributed by atoms with E-state index in [-0.39, 0.29) is 23.6 Å². The van der Waals surface area contributed by atoms with E-state index in [1.54, 1.807) is 36.3 Å². The van der Waals surface area contributed by atoms with Crippen molar-refractivity contribution in [3.05, 3.63) is 90.0 Å². The number of benzene rings is 3. The summed E-state index contributed by atoms with van der Waals surface area (Å²) in [5, 5.41) is 20.2. The number of anilines is 1. The number of amides is 1.